The first-order valence-electron chi connectivity index (χ1n) is 6.70. The molecule has 0 bridgehead atoms. The van der Waals surface area contributed by atoms with Gasteiger partial charge < -0.3 is 9.73 Å². The Balaban J connectivity index is 2.28. The highest BCUT2D eigenvalue weighted by Gasteiger charge is 2.31. The molecule has 1 unspecified atom stereocenters. The van der Waals surface area contributed by atoms with E-state index >= 15 is 0 Å². The number of benzene rings is 1. The average Bonchev–Trinajstić information content (AvgIpc) is 2.70. The molecule has 0 saturated heterocycles. The lowest BCUT2D eigenvalue weighted by atomic mass is 10.1. The van der Waals surface area contributed by atoms with E-state index < -0.39 is 11.7 Å². The van der Waals surface area contributed by atoms with Gasteiger partial charge in [0.1, 0.15) is 11.5 Å². The number of furan rings is 1. The van der Waals surface area contributed by atoms with Crippen molar-refractivity contribution >= 4 is 5.69 Å². The van der Waals surface area contributed by atoms with Crippen LogP contribution in [0.15, 0.2) is 28.7 Å². The third kappa shape index (κ3) is 3.40. The van der Waals surface area contributed by atoms with Crippen LogP contribution >= 0.6 is 0 Å². The molecule has 0 saturated carbocycles. The molecule has 1 aromatic carbocycles. The number of anilines is 1. The SMILES string of the molecule is Cc1cc(C(C)Nc2cc(C(F)(F)F)ccc2C)c(C)o1. The van der Waals surface area contributed by atoms with E-state index in [9.17, 15) is 13.2 Å². The van der Waals surface area contributed by atoms with Gasteiger partial charge in [0.25, 0.3) is 0 Å². The van der Waals surface area contributed by atoms with Crippen molar-refractivity contribution in [2.24, 2.45) is 0 Å². The summed E-state index contributed by atoms with van der Waals surface area (Å²) in [5, 5.41) is 3.13. The molecule has 1 aromatic heterocycles. The molecule has 1 N–H and O–H groups in total. The van der Waals surface area contributed by atoms with Crippen LogP contribution < -0.4 is 5.32 Å². The van der Waals surface area contributed by atoms with Crippen LogP contribution in [-0.2, 0) is 6.18 Å². The maximum absolute atomic E-state index is 12.8. The molecule has 1 heterocycles. The zero-order valence-electron chi connectivity index (χ0n) is 12.4. The van der Waals surface area contributed by atoms with Crippen molar-refractivity contribution in [3.05, 3.63) is 52.5 Å². The molecule has 0 aliphatic rings. The Labute approximate surface area is 122 Å². The van der Waals surface area contributed by atoms with Crippen molar-refractivity contribution in [3.8, 4) is 0 Å². The molecular formula is C16H18F3NO. The standard InChI is InChI=1S/C16H18F3NO/c1-9-5-6-13(16(17,18)19)8-15(9)20-11(3)14-7-10(2)21-12(14)4/h5-8,11,20H,1-4H3. The second-order valence-corrected chi connectivity index (χ2v) is 5.26. The van der Waals surface area contributed by atoms with Crippen molar-refractivity contribution in [1.29, 1.82) is 0 Å². The molecule has 21 heavy (non-hydrogen) atoms. The van der Waals surface area contributed by atoms with Crippen LogP contribution in [-0.4, -0.2) is 0 Å². The van der Waals surface area contributed by atoms with Crippen LogP contribution in [0, 0.1) is 20.8 Å². The predicted molar refractivity (Wildman–Crippen MR) is 76.4 cm³/mol. The normalized spacial score (nSPS) is 13.3. The number of aryl methyl sites for hydroxylation is 3. The first kappa shape index (κ1) is 15.5. The lowest BCUT2D eigenvalue weighted by molar-refractivity contribution is -0.137. The van der Waals surface area contributed by atoms with Crippen LogP contribution in [0.4, 0.5) is 18.9 Å². The Bertz CT molecular complexity index is 643. The molecule has 114 valence electrons. The maximum atomic E-state index is 12.8. The fraction of sp³-hybridized carbons (Fsp3) is 0.375. The highest BCUT2D eigenvalue weighted by Crippen LogP contribution is 2.33. The summed E-state index contributed by atoms with van der Waals surface area (Å²) in [6.07, 6.45) is -4.34. The van der Waals surface area contributed by atoms with Gasteiger partial charge in [-0.05, 0) is 51.5 Å². The summed E-state index contributed by atoms with van der Waals surface area (Å²) in [4.78, 5) is 0. The van der Waals surface area contributed by atoms with Crippen molar-refractivity contribution in [2.75, 3.05) is 5.32 Å². The minimum absolute atomic E-state index is 0.135. The summed E-state index contributed by atoms with van der Waals surface area (Å²) in [5.41, 5.74) is 1.55. The third-order valence-electron chi connectivity index (χ3n) is 3.48. The Hall–Kier alpha value is -1.91. The highest BCUT2D eigenvalue weighted by atomic mass is 19.4. The lowest BCUT2D eigenvalue weighted by Gasteiger charge is -2.18. The summed E-state index contributed by atoms with van der Waals surface area (Å²) >= 11 is 0. The van der Waals surface area contributed by atoms with Gasteiger partial charge in [0, 0.05) is 11.3 Å². The van der Waals surface area contributed by atoms with Gasteiger partial charge in [0.15, 0.2) is 0 Å². The third-order valence-corrected chi connectivity index (χ3v) is 3.48. The van der Waals surface area contributed by atoms with E-state index in [2.05, 4.69) is 5.32 Å². The quantitative estimate of drug-likeness (QED) is 0.821. The summed E-state index contributed by atoms with van der Waals surface area (Å²) in [5.74, 6) is 1.56. The van der Waals surface area contributed by atoms with Crippen molar-refractivity contribution in [1.82, 2.24) is 0 Å². The van der Waals surface area contributed by atoms with Gasteiger partial charge in [-0.15, -0.1) is 0 Å². The van der Waals surface area contributed by atoms with E-state index in [0.29, 0.717) is 5.69 Å². The Kier molecular flexibility index (Phi) is 4.03. The molecular weight excluding hydrogens is 279 g/mol. The minimum Gasteiger partial charge on any atom is -0.466 e. The van der Waals surface area contributed by atoms with E-state index in [1.165, 1.54) is 6.07 Å². The Morgan fingerprint density at radius 2 is 1.76 bits per heavy atom. The molecule has 0 aliphatic carbocycles. The second kappa shape index (κ2) is 5.47. The second-order valence-electron chi connectivity index (χ2n) is 5.26. The molecule has 2 aromatic rings. The van der Waals surface area contributed by atoms with Gasteiger partial charge in [0.05, 0.1) is 11.6 Å². The monoisotopic (exact) mass is 297 g/mol. The smallest absolute Gasteiger partial charge is 0.416 e. The van der Waals surface area contributed by atoms with E-state index in [4.69, 9.17) is 4.42 Å². The predicted octanol–water partition coefficient (Wildman–Crippen LogP) is 5.40. The van der Waals surface area contributed by atoms with Crippen LogP contribution in [0.3, 0.4) is 0 Å². The summed E-state index contributed by atoms with van der Waals surface area (Å²) in [7, 11) is 0. The van der Waals surface area contributed by atoms with E-state index in [1.54, 1.807) is 6.92 Å². The number of hydrogen-bond acceptors (Lipinski definition) is 2. The van der Waals surface area contributed by atoms with E-state index in [-0.39, 0.29) is 6.04 Å². The zero-order valence-corrected chi connectivity index (χ0v) is 12.4. The molecule has 2 nitrogen and oxygen atoms in total. The first-order valence-corrected chi connectivity index (χ1v) is 6.70. The van der Waals surface area contributed by atoms with Crippen molar-refractivity contribution in [2.45, 2.75) is 39.9 Å². The first-order chi connectivity index (χ1) is 9.68. The topological polar surface area (TPSA) is 25.2 Å². The molecule has 2 rings (SSSR count). The van der Waals surface area contributed by atoms with Gasteiger partial charge >= 0.3 is 6.18 Å². The van der Waals surface area contributed by atoms with Crippen LogP contribution in [0.2, 0.25) is 0 Å². The largest absolute Gasteiger partial charge is 0.466 e. The van der Waals surface area contributed by atoms with Gasteiger partial charge in [-0.25, -0.2) is 0 Å². The fourth-order valence-corrected chi connectivity index (χ4v) is 2.35. The average molecular weight is 297 g/mol. The minimum atomic E-state index is -4.34. The van der Waals surface area contributed by atoms with E-state index in [1.807, 2.05) is 26.8 Å². The fourth-order valence-electron chi connectivity index (χ4n) is 2.35. The number of nitrogens with one attached hydrogen (secondary N) is 1. The molecule has 0 spiro atoms. The van der Waals surface area contributed by atoms with Crippen LogP contribution in [0.25, 0.3) is 0 Å². The van der Waals surface area contributed by atoms with Crippen molar-refractivity contribution < 1.29 is 17.6 Å². The number of alkyl halides is 3. The lowest BCUT2D eigenvalue weighted by Crippen LogP contribution is -2.10. The molecule has 0 amide bonds. The molecule has 1 atom stereocenters. The maximum Gasteiger partial charge on any atom is 0.416 e. The van der Waals surface area contributed by atoms with Gasteiger partial charge in [-0.2, -0.15) is 13.2 Å². The molecule has 0 radical (unpaired) electrons. The Morgan fingerprint density at radius 3 is 2.29 bits per heavy atom. The van der Waals surface area contributed by atoms with Crippen LogP contribution in [0.5, 0.6) is 0 Å². The van der Waals surface area contributed by atoms with E-state index in [0.717, 1.165) is 34.8 Å². The van der Waals surface area contributed by atoms with Crippen molar-refractivity contribution in [3.63, 3.8) is 0 Å². The zero-order chi connectivity index (χ0) is 15.8. The Morgan fingerprint density at radius 1 is 1.10 bits per heavy atom. The van der Waals surface area contributed by atoms with Gasteiger partial charge in [-0.1, -0.05) is 6.07 Å². The van der Waals surface area contributed by atoms with Crippen LogP contribution in [0.1, 0.15) is 41.2 Å². The number of rotatable bonds is 3. The summed E-state index contributed by atoms with van der Waals surface area (Å²) in [6.45, 7) is 7.37. The van der Waals surface area contributed by atoms with Gasteiger partial charge in [0.2, 0.25) is 0 Å². The summed E-state index contributed by atoms with van der Waals surface area (Å²) in [6, 6.07) is 5.48. The molecule has 5 heteroatoms. The molecule has 0 fully saturated rings. The number of hydrogen-bond donors (Lipinski definition) is 1. The summed E-state index contributed by atoms with van der Waals surface area (Å²) < 4.78 is 43.8. The highest BCUT2D eigenvalue weighted by molar-refractivity contribution is 5.54. The number of halogens is 3. The van der Waals surface area contributed by atoms with Gasteiger partial charge in [-0.3, -0.25) is 0 Å². The molecule has 0 aliphatic heterocycles.